The van der Waals surface area contributed by atoms with Crippen LogP contribution in [0.2, 0.25) is 10.0 Å². The van der Waals surface area contributed by atoms with Crippen LogP contribution in [0.1, 0.15) is 11.4 Å². The Hall–Kier alpha value is -2.28. The summed E-state index contributed by atoms with van der Waals surface area (Å²) in [6.45, 7) is 4.40. The van der Waals surface area contributed by atoms with Crippen LogP contribution in [0, 0.1) is 0 Å². The molecule has 0 aliphatic carbocycles. The van der Waals surface area contributed by atoms with Crippen molar-refractivity contribution in [1.82, 2.24) is 14.8 Å². The van der Waals surface area contributed by atoms with Gasteiger partial charge in [-0.05, 0) is 24.1 Å². The molecule has 2 aromatic carbocycles. The highest BCUT2D eigenvalue weighted by molar-refractivity contribution is 7.99. The first kappa shape index (κ1) is 21.4. The van der Waals surface area contributed by atoms with Gasteiger partial charge in [0.25, 0.3) is 0 Å². The maximum absolute atomic E-state index is 12.3. The van der Waals surface area contributed by atoms with E-state index in [-0.39, 0.29) is 11.7 Å². The molecular weight excluding hydrogens is 427 g/mol. The second-order valence-corrected chi connectivity index (χ2v) is 7.95. The Morgan fingerprint density at radius 1 is 1.10 bits per heavy atom. The minimum atomic E-state index is -0.196. The van der Waals surface area contributed by atoms with E-state index in [4.69, 9.17) is 23.2 Å². The molecule has 0 radical (unpaired) electrons. The van der Waals surface area contributed by atoms with Crippen LogP contribution in [0.4, 0.5) is 5.69 Å². The number of nitrogens with one attached hydrogen (secondary N) is 1. The molecule has 0 spiro atoms. The number of carbonyl (C=O) groups is 1. The lowest BCUT2D eigenvalue weighted by atomic mass is 10.1. The Balaban J connectivity index is 1.62. The van der Waals surface area contributed by atoms with Gasteiger partial charge in [-0.1, -0.05) is 77.4 Å². The van der Waals surface area contributed by atoms with Gasteiger partial charge in [-0.25, -0.2) is 0 Å². The Bertz CT molecular complexity index is 992. The van der Waals surface area contributed by atoms with E-state index in [9.17, 15) is 4.79 Å². The maximum Gasteiger partial charge on any atom is 0.234 e. The van der Waals surface area contributed by atoms with E-state index >= 15 is 0 Å². The zero-order chi connectivity index (χ0) is 20.6. The summed E-state index contributed by atoms with van der Waals surface area (Å²) in [7, 11) is 0. The quantitative estimate of drug-likeness (QED) is 0.358. The summed E-state index contributed by atoms with van der Waals surface area (Å²) in [5.74, 6) is 0.851. The normalized spacial score (nSPS) is 10.7. The minimum Gasteiger partial charge on any atom is -0.324 e. The minimum absolute atomic E-state index is 0.177. The van der Waals surface area contributed by atoms with Crippen molar-refractivity contribution < 1.29 is 4.79 Å². The summed E-state index contributed by atoms with van der Waals surface area (Å²) in [6, 6.07) is 15.3. The van der Waals surface area contributed by atoms with Crippen LogP contribution in [0.3, 0.4) is 0 Å². The molecule has 1 heterocycles. The van der Waals surface area contributed by atoms with Gasteiger partial charge in [-0.15, -0.1) is 16.8 Å². The van der Waals surface area contributed by atoms with Crippen LogP contribution in [0.25, 0.3) is 0 Å². The van der Waals surface area contributed by atoms with Crippen LogP contribution in [0.5, 0.6) is 0 Å². The fourth-order valence-electron chi connectivity index (χ4n) is 2.74. The number of carbonyl (C=O) groups excluding carboxylic acids is 1. The molecule has 5 nitrogen and oxygen atoms in total. The number of benzene rings is 2. The Morgan fingerprint density at radius 3 is 2.66 bits per heavy atom. The second-order valence-electron chi connectivity index (χ2n) is 6.22. The van der Waals surface area contributed by atoms with Gasteiger partial charge in [-0.2, -0.15) is 0 Å². The molecule has 0 bridgehead atoms. The van der Waals surface area contributed by atoms with Crippen molar-refractivity contribution in [2.24, 2.45) is 0 Å². The summed E-state index contributed by atoms with van der Waals surface area (Å²) in [5, 5.41) is 12.7. The Labute approximate surface area is 184 Å². The molecule has 150 valence electrons. The number of hydrogen-bond acceptors (Lipinski definition) is 4. The van der Waals surface area contributed by atoms with Crippen molar-refractivity contribution >= 4 is 46.6 Å². The van der Waals surface area contributed by atoms with Crippen molar-refractivity contribution in [2.75, 3.05) is 11.1 Å². The van der Waals surface area contributed by atoms with Crippen molar-refractivity contribution in [3.63, 3.8) is 0 Å². The Kier molecular flexibility index (Phi) is 7.75. The van der Waals surface area contributed by atoms with E-state index in [0.29, 0.717) is 27.4 Å². The highest BCUT2D eigenvalue weighted by Crippen LogP contribution is 2.29. The molecule has 29 heavy (non-hydrogen) atoms. The third-order valence-corrected chi connectivity index (χ3v) is 5.93. The number of halogens is 2. The second kappa shape index (κ2) is 10.5. The molecule has 1 amide bonds. The van der Waals surface area contributed by atoms with E-state index in [1.165, 1.54) is 17.3 Å². The van der Waals surface area contributed by atoms with Crippen molar-refractivity contribution in [2.45, 2.75) is 24.5 Å². The zero-order valence-electron chi connectivity index (χ0n) is 15.6. The largest absolute Gasteiger partial charge is 0.324 e. The predicted octanol–water partition coefficient (Wildman–Crippen LogP) is 5.29. The molecule has 0 aliphatic rings. The average Bonchev–Trinajstić information content (AvgIpc) is 3.11. The summed E-state index contributed by atoms with van der Waals surface area (Å²) < 4.78 is 1.99. The molecule has 8 heteroatoms. The lowest BCUT2D eigenvalue weighted by Crippen LogP contribution is -2.15. The molecule has 0 saturated heterocycles. The van der Waals surface area contributed by atoms with Crippen LogP contribution >= 0.6 is 35.0 Å². The fraction of sp³-hybridized carbons (Fsp3) is 0.190. The SMILES string of the molecule is C=CCn1c(CCc2ccccc2)nnc1SCC(=O)Nc1cccc(Cl)c1Cl. The highest BCUT2D eigenvalue weighted by atomic mass is 35.5. The number of thioether (sulfide) groups is 1. The maximum atomic E-state index is 12.3. The molecule has 0 aliphatic heterocycles. The van der Waals surface area contributed by atoms with Crippen LogP contribution < -0.4 is 5.32 Å². The molecule has 0 unspecified atom stereocenters. The number of nitrogens with zero attached hydrogens (tertiary/aromatic N) is 3. The number of hydrogen-bond donors (Lipinski definition) is 1. The number of aromatic nitrogens is 3. The number of rotatable bonds is 9. The van der Waals surface area contributed by atoms with Gasteiger partial charge in [0, 0.05) is 13.0 Å². The van der Waals surface area contributed by atoms with E-state index in [0.717, 1.165) is 18.7 Å². The van der Waals surface area contributed by atoms with E-state index in [1.807, 2.05) is 22.8 Å². The smallest absolute Gasteiger partial charge is 0.234 e. The van der Waals surface area contributed by atoms with Gasteiger partial charge in [0.2, 0.25) is 5.91 Å². The summed E-state index contributed by atoms with van der Waals surface area (Å²) in [6.07, 6.45) is 3.43. The van der Waals surface area contributed by atoms with Gasteiger partial charge in [0.05, 0.1) is 21.5 Å². The highest BCUT2D eigenvalue weighted by Gasteiger charge is 2.14. The van der Waals surface area contributed by atoms with Crippen LogP contribution in [-0.4, -0.2) is 26.4 Å². The first-order valence-corrected chi connectivity index (χ1v) is 10.8. The van der Waals surface area contributed by atoms with Crippen molar-refractivity contribution in [1.29, 1.82) is 0 Å². The van der Waals surface area contributed by atoms with Crippen LogP contribution in [0.15, 0.2) is 66.3 Å². The fourth-order valence-corrected chi connectivity index (χ4v) is 3.86. The van der Waals surface area contributed by atoms with E-state index in [2.05, 4.69) is 34.2 Å². The van der Waals surface area contributed by atoms with Crippen molar-refractivity contribution in [3.05, 3.63) is 82.6 Å². The first-order chi connectivity index (χ1) is 14.1. The standard InChI is InChI=1S/C21H20Cl2N4OS/c1-2-13-27-18(12-11-15-7-4-3-5-8-15)25-26-21(27)29-14-19(28)24-17-10-6-9-16(22)20(17)23/h2-10H,1,11-14H2,(H,24,28). The van der Waals surface area contributed by atoms with Gasteiger partial charge < -0.3 is 9.88 Å². The Morgan fingerprint density at radius 2 is 1.90 bits per heavy atom. The van der Waals surface area contributed by atoms with Crippen molar-refractivity contribution in [3.8, 4) is 0 Å². The zero-order valence-corrected chi connectivity index (χ0v) is 18.0. The summed E-state index contributed by atoms with van der Waals surface area (Å²) in [4.78, 5) is 12.3. The third-order valence-electron chi connectivity index (χ3n) is 4.14. The number of amides is 1. The number of anilines is 1. The lowest BCUT2D eigenvalue weighted by Gasteiger charge is -2.09. The van der Waals surface area contributed by atoms with Gasteiger partial charge in [0.1, 0.15) is 5.82 Å². The van der Waals surface area contributed by atoms with Gasteiger partial charge in [0.15, 0.2) is 5.16 Å². The monoisotopic (exact) mass is 446 g/mol. The molecule has 1 N–H and O–H groups in total. The van der Waals surface area contributed by atoms with E-state index < -0.39 is 0 Å². The predicted molar refractivity (Wildman–Crippen MR) is 120 cm³/mol. The number of allylic oxidation sites excluding steroid dienone is 1. The van der Waals surface area contributed by atoms with E-state index in [1.54, 1.807) is 24.3 Å². The number of aryl methyl sites for hydroxylation is 2. The molecule has 1 aromatic heterocycles. The third kappa shape index (κ3) is 5.85. The lowest BCUT2D eigenvalue weighted by molar-refractivity contribution is -0.113. The molecule has 0 fully saturated rings. The average molecular weight is 447 g/mol. The van der Waals surface area contributed by atoms with Gasteiger partial charge >= 0.3 is 0 Å². The molecule has 3 rings (SSSR count). The summed E-state index contributed by atoms with van der Waals surface area (Å²) in [5.41, 5.74) is 1.73. The topological polar surface area (TPSA) is 59.8 Å². The molecule has 3 aromatic rings. The molecule has 0 atom stereocenters. The van der Waals surface area contributed by atoms with Crippen LogP contribution in [-0.2, 0) is 24.2 Å². The summed E-state index contributed by atoms with van der Waals surface area (Å²) >= 11 is 13.4. The first-order valence-electron chi connectivity index (χ1n) is 9.02. The van der Waals surface area contributed by atoms with Gasteiger partial charge in [-0.3, -0.25) is 4.79 Å². The molecular formula is C21H20Cl2N4OS. The molecule has 0 saturated carbocycles.